The number of aryl methyl sites for hydroxylation is 1. The monoisotopic (exact) mass is 412 g/mol. The van der Waals surface area contributed by atoms with Crippen molar-refractivity contribution < 1.29 is 13.2 Å². The summed E-state index contributed by atoms with van der Waals surface area (Å²) in [4.78, 5) is 13.7. The first-order chi connectivity index (χ1) is 12.1. The summed E-state index contributed by atoms with van der Waals surface area (Å²) in [5.74, 6) is -0.426. The van der Waals surface area contributed by atoms with Crippen molar-refractivity contribution >= 4 is 50.7 Å². The molecule has 0 heterocycles. The smallest absolute Gasteiger partial charge is 0.247 e. The SMILES string of the molecule is CSc1cccc(NC(=O)[C@H](C)N(c2ccc(C)c(Cl)c2)S(C)(=O)=O)c1. The van der Waals surface area contributed by atoms with Gasteiger partial charge in [-0.15, -0.1) is 11.8 Å². The van der Waals surface area contributed by atoms with E-state index in [0.717, 1.165) is 21.0 Å². The molecule has 1 N–H and O–H groups in total. The molecule has 0 spiro atoms. The van der Waals surface area contributed by atoms with E-state index in [1.165, 1.54) is 0 Å². The maximum atomic E-state index is 12.7. The van der Waals surface area contributed by atoms with E-state index in [1.807, 2.05) is 31.4 Å². The minimum absolute atomic E-state index is 0.351. The normalized spacial score (nSPS) is 12.5. The summed E-state index contributed by atoms with van der Waals surface area (Å²) in [5.41, 5.74) is 1.79. The fourth-order valence-electron chi connectivity index (χ4n) is 2.48. The van der Waals surface area contributed by atoms with Crippen molar-refractivity contribution in [2.24, 2.45) is 0 Å². The Balaban J connectivity index is 2.32. The maximum absolute atomic E-state index is 12.7. The molecule has 2 aromatic carbocycles. The van der Waals surface area contributed by atoms with Crippen LogP contribution in [0.2, 0.25) is 5.02 Å². The van der Waals surface area contributed by atoms with Gasteiger partial charge >= 0.3 is 0 Å². The van der Waals surface area contributed by atoms with Gasteiger partial charge in [-0.2, -0.15) is 0 Å². The highest BCUT2D eigenvalue weighted by Crippen LogP contribution is 2.27. The highest BCUT2D eigenvalue weighted by atomic mass is 35.5. The second-order valence-corrected chi connectivity index (χ2v) is 9.04. The molecule has 2 rings (SSSR count). The molecule has 8 heteroatoms. The summed E-state index contributed by atoms with van der Waals surface area (Å²) in [7, 11) is -3.69. The van der Waals surface area contributed by atoms with Gasteiger partial charge in [0.2, 0.25) is 15.9 Å². The van der Waals surface area contributed by atoms with Crippen molar-refractivity contribution in [1.29, 1.82) is 0 Å². The first-order valence-electron chi connectivity index (χ1n) is 7.84. The van der Waals surface area contributed by atoms with Crippen molar-refractivity contribution in [2.45, 2.75) is 24.8 Å². The van der Waals surface area contributed by atoms with E-state index in [1.54, 1.807) is 43.0 Å². The van der Waals surface area contributed by atoms with Gasteiger partial charge in [0, 0.05) is 15.6 Å². The largest absolute Gasteiger partial charge is 0.324 e. The zero-order valence-electron chi connectivity index (χ0n) is 15.0. The van der Waals surface area contributed by atoms with Gasteiger partial charge in [-0.25, -0.2) is 8.42 Å². The fraction of sp³-hybridized carbons (Fsp3) is 0.278. The molecule has 0 aliphatic heterocycles. The van der Waals surface area contributed by atoms with Gasteiger partial charge in [0.25, 0.3) is 0 Å². The van der Waals surface area contributed by atoms with E-state index in [-0.39, 0.29) is 0 Å². The number of carbonyl (C=O) groups excluding carboxylic acids is 1. The Labute approximate surface area is 163 Å². The molecule has 2 aromatic rings. The van der Waals surface area contributed by atoms with Gasteiger partial charge in [0.05, 0.1) is 11.9 Å². The molecule has 0 fully saturated rings. The summed E-state index contributed by atoms with van der Waals surface area (Å²) in [5, 5.41) is 3.21. The summed E-state index contributed by atoms with van der Waals surface area (Å²) >= 11 is 7.69. The van der Waals surface area contributed by atoms with Gasteiger partial charge < -0.3 is 5.32 Å². The minimum Gasteiger partial charge on any atom is -0.324 e. The van der Waals surface area contributed by atoms with E-state index in [9.17, 15) is 13.2 Å². The van der Waals surface area contributed by atoms with Crippen LogP contribution in [0.1, 0.15) is 12.5 Å². The Hall–Kier alpha value is -1.70. The number of halogens is 1. The molecule has 0 aromatic heterocycles. The lowest BCUT2D eigenvalue weighted by molar-refractivity contribution is -0.116. The number of anilines is 2. The number of hydrogen-bond donors (Lipinski definition) is 1. The van der Waals surface area contributed by atoms with Crippen LogP contribution in [-0.2, 0) is 14.8 Å². The van der Waals surface area contributed by atoms with Crippen molar-refractivity contribution in [3.8, 4) is 0 Å². The molecule has 0 saturated carbocycles. The maximum Gasteiger partial charge on any atom is 0.247 e. The van der Waals surface area contributed by atoms with E-state index in [0.29, 0.717) is 16.4 Å². The summed E-state index contributed by atoms with van der Waals surface area (Å²) in [6, 6.07) is 11.3. The summed E-state index contributed by atoms with van der Waals surface area (Å²) in [6.07, 6.45) is 3.01. The van der Waals surface area contributed by atoms with Crippen LogP contribution in [0.25, 0.3) is 0 Å². The molecule has 26 heavy (non-hydrogen) atoms. The number of nitrogens with one attached hydrogen (secondary N) is 1. The van der Waals surface area contributed by atoms with Gasteiger partial charge in [-0.1, -0.05) is 23.7 Å². The second kappa shape index (κ2) is 8.33. The second-order valence-electron chi connectivity index (χ2n) is 5.89. The first kappa shape index (κ1) is 20.6. The van der Waals surface area contributed by atoms with Gasteiger partial charge in [0.15, 0.2) is 0 Å². The molecule has 5 nitrogen and oxygen atoms in total. The van der Waals surface area contributed by atoms with E-state index >= 15 is 0 Å². The fourth-order valence-corrected chi connectivity index (χ4v) is 4.28. The predicted molar refractivity (Wildman–Crippen MR) is 110 cm³/mol. The van der Waals surface area contributed by atoms with Crippen LogP contribution in [-0.4, -0.2) is 32.9 Å². The zero-order valence-corrected chi connectivity index (χ0v) is 17.4. The molecule has 0 bridgehead atoms. The molecule has 0 aliphatic carbocycles. The molecule has 0 unspecified atom stereocenters. The van der Waals surface area contributed by atoms with Crippen LogP contribution in [0.4, 0.5) is 11.4 Å². The lowest BCUT2D eigenvalue weighted by Gasteiger charge is -2.28. The summed E-state index contributed by atoms with van der Waals surface area (Å²) < 4.78 is 25.7. The van der Waals surface area contributed by atoms with Crippen molar-refractivity contribution in [2.75, 3.05) is 22.1 Å². The Morgan fingerprint density at radius 1 is 1.23 bits per heavy atom. The number of amides is 1. The Kier molecular flexibility index (Phi) is 6.60. The quantitative estimate of drug-likeness (QED) is 0.723. The van der Waals surface area contributed by atoms with Crippen LogP contribution in [0, 0.1) is 6.92 Å². The zero-order chi connectivity index (χ0) is 19.5. The lowest BCUT2D eigenvalue weighted by Crippen LogP contribution is -2.45. The topological polar surface area (TPSA) is 66.5 Å². The van der Waals surface area contributed by atoms with Crippen molar-refractivity contribution in [3.05, 3.63) is 53.1 Å². The predicted octanol–water partition coefficient (Wildman–Crippen LogP) is 4.16. The number of hydrogen-bond acceptors (Lipinski definition) is 4. The number of nitrogens with zero attached hydrogens (tertiary/aromatic N) is 1. The van der Waals surface area contributed by atoms with Crippen LogP contribution >= 0.6 is 23.4 Å². The Bertz CT molecular complexity index is 916. The van der Waals surface area contributed by atoms with Gasteiger partial charge in [-0.3, -0.25) is 9.10 Å². The highest BCUT2D eigenvalue weighted by molar-refractivity contribution is 7.98. The van der Waals surface area contributed by atoms with E-state index < -0.39 is 22.0 Å². The molecule has 140 valence electrons. The number of benzene rings is 2. The molecule has 0 radical (unpaired) electrons. The average Bonchev–Trinajstić information content (AvgIpc) is 2.57. The van der Waals surface area contributed by atoms with Crippen LogP contribution in [0.5, 0.6) is 0 Å². The molecule has 1 amide bonds. The number of thioether (sulfide) groups is 1. The lowest BCUT2D eigenvalue weighted by atomic mass is 10.2. The van der Waals surface area contributed by atoms with Crippen LogP contribution in [0.3, 0.4) is 0 Å². The molecular formula is C18H21ClN2O3S2. The standard InChI is InChI=1S/C18H21ClN2O3S2/c1-12-8-9-15(11-17(12)19)21(26(4,23)24)13(2)18(22)20-14-6-5-7-16(10-14)25-3/h5-11,13H,1-4H3,(H,20,22)/t13-/m0/s1. The van der Waals surface area contributed by atoms with E-state index in [4.69, 9.17) is 11.6 Å². The first-order valence-corrected chi connectivity index (χ1v) is 11.3. The Morgan fingerprint density at radius 2 is 1.92 bits per heavy atom. The van der Waals surface area contributed by atoms with E-state index in [2.05, 4.69) is 5.32 Å². The van der Waals surface area contributed by atoms with Gasteiger partial charge in [0.1, 0.15) is 6.04 Å². The molecule has 0 aliphatic rings. The summed E-state index contributed by atoms with van der Waals surface area (Å²) in [6.45, 7) is 3.37. The third-order valence-electron chi connectivity index (χ3n) is 3.84. The third-order valence-corrected chi connectivity index (χ3v) is 6.21. The number of sulfonamides is 1. The number of rotatable bonds is 6. The molecule has 1 atom stereocenters. The van der Waals surface area contributed by atoms with Crippen LogP contribution < -0.4 is 9.62 Å². The Morgan fingerprint density at radius 3 is 2.50 bits per heavy atom. The molecular weight excluding hydrogens is 392 g/mol. The number of carbonyl (C=O) groups is 1. The molecule has 0 saturated heterocycles. The average molecular weight is 413 g/mol. The van der Waals surface area contributed by atoms with Crippen LogP contribution in [0.15, 0.2) is 47.4 Å². The van der Waals surface area contributed by atoms with Crippen molar-refractivity contribution in [3.63, 3.8) is 0 Å². The minimum atomic E-state index is -3.69. The highest BCUT2D eigenvalue weighted by Gasteiger charge is 2.29. The van der Waals surface area contributed by atoms with Gasteiger partial charge in [-0.05, 0) is 56.0 Å². The van der Waals surface area contributed by atoms with Crippen molar-refractivity contribution in [1.82, 2.24) is 0 Å². The third kappa shape index (κ3) is 4.93.